The molecule has 1 aromatic rings. The summed E-state index contributed by atoms with van der Waals surface area (Å²) in [7, 11) is 1.53. The van der Waals surface area contributed by atoms with E-state index in [4.69, 9.17) is 4.74 Å². The number of methoxy groups -OCH3 is 1. The highest BCUT2D eigenvalue weighted by atomic mass is 16.5. The predicted octanol–water partition coefficient (Wildman–Crippen LogP) is 0.0128. The quantitative estimate of drug-likeness (QED) is 0.690. The molecule has 0 aliphatic carbocycles. The van der Waals surface area contributed by atoms with E-state index in [-0.39, 0.29) is 5.69 Å². The Labute approximate surface area is 80.6 Å². The first-order valence-corrected chi connectivity index (χ1v) is 4.07. The number of pyridine rings is 1. The summed E-state index contributed by atoms with van der Waals surface area (Å²) < 4.78 is 6.28. The van der Waals surface area contributed by atoms with Crippen molar-refractivity contribution < 1.29 is 14.6 Å². The Balaban J connectivity index is 3.10. The van der Waals surface area contributed by atoms with Gasteiger partial charge in [0.05, 0.1) is 6.61 Å². The van der Waals surface area contributed by atoms with Crippen molar-refractivity contribution in [3.05, 3.63) is 28.2 Å². The molecular formula is C9H11NO4. The van der Waals surface area contributed by atoms with E-state index in [0.717, 1.165) is 0 Å². The Morgan fingerprint density at radius 2 is 2.36 bits per heavy atom. The number of carbonyl (C=O) groups excluding carboxylic acids is 1. The average molecular weight is 197 g/mol. The SMILES string of the molecule is COCCn1ccc(=O)c(O)c1C=O. The van der Waals surface area contributed by atoms with Crippen molar-refractivity contribution in [3.8, 4) is 5.75 Å². The Kier molecular flexibility index (Phi) is 3.41. The first kappa shape index (κ1) is 10.5. The monoisotopic (exact) mass is 197 g/mol. The highest BCUT2D eigenvalue weighted by molar-refractivity contribution is 5.76. The number of hydrogen-bond donors (Lipinski definition) is 1. The van der Waals surface area contributed by atoms with Gasteiger partial charge in [-0.3, -0.25) is 9.59 Å². The molecule has 1 aromatic heterocycles. The van der Waals surface area contributed by atoms with Gasteiger partial charge in [-0.15, -0.1) is 0 Å². The molecule has 0 radical (unpaired) electrons. The summed E-state index contributed by atoms with van der Waals surface area (Å²) in [6, 6.07) is 1.21. The van der Waals surface area contributed by atoms with Crippen LogP contribution in [-0.4, -0.2) is 29.7 Å². The minimum absolute atomic E-state index is 0.0189. The number of nitrogens with zero attached hydrogens (tertiary/aromatic N) is 1. The molecule has 0 atom stereocenters. The van der Waals surface area contributed by atoms with Crippen LogP contribution in [0.15, 0.2) is 17.1 Å². The molecule has 0 bridgehead atoms. The summed E-state index contributed by atoms with van der Waals surface area (Å²) in [6.07, 6.45) is 1.90. The minimum atomic E-state index is -0.555. The van der Waals surface area contributed by atoms with Gasteiger partial charge in [0.15, 0.2) is 12.0 Å². The zero-order valence-electron chi connectivity index (χ0n) is 7.77. The minimum Gasteiger partial charge on any atom is -0.503 e. The molecule has 5 heteroatoms. The van der Waals surface area contributed by atoms with Crippen LogP contribution in [0.5, 0.6) is 5.75 Å². The number of aldehydes is 1. The van der Waals surface area contributed by atoms with Crippen LogP contribution in [0.2, 0.25) is 0 Å². The van der Waals surface area contributed by atoms with E-state index in [1.54, 1.807) is 0 Å². The first-order valence-electron chi connectivity index (χ1n) is 4.07. The molecule has 0 amide bonds. The summed E-state index contributed by atoms with van der Waals surface area (Å²) in [4.78, 5) is 21.6. The number of hydrogen-bond acceptors (Lipinski definition) is 4. The van der Waals surface area contributed by atoms with Crippen molar-refractivity contribution in [1.29, 1.82) is 0 Å². The van der Waals surface area contributed by atoms with Crippen LogP contribution in [0.1, 0.15) is 10.5 Å². The molecule has 0 aromatic carbocycles. The molecular weight excluding hydrogens is 186 g/mol. The summed E-state index contributed by atoms with van der Waals surface area (Å²) in [5.41, 5.74) is -0.574. The fourth-order valence-electron chi connectivity index (χ4n) is 1.09. The van der Waals surface area contributed by atoms with E-state index in [1.165, 1.54) is 23.9 Å². The van der Waals surface area contributed by atoms with Crippen LogP contribution in [0.25, 0.3) is 0 Å². The number of ether oxygens (including phenoxy) is 1. The maximum absolute atomic E-state index is 11.0. The lowest BCUT2D eigenvalue weighted by atomic mass is 10.3. The van der Waals surface area contributed by atoms with Gasteiger partial charge in [-0.2, -0.15) is 0 Å². The number of rotatable bonds is 4. The summed E-state index contributed by atoms with van der Waals surface area (Å²) >= 11 is 0. The lowest BCUT2D eigenvalue weighted by Crippen LogP contribution is -2.14. The van der Waals surface area contributed by atoms with Crippen molar-refractivity contribution >= 4 is 6.29 Å². The number of aromatic hydroxyl groups is 1. The van der Waals surface area contributed by atoms with Gasteiger partial charge in [-0.25, -0.2) is 0 Å². The van der Waals surface area contributed by atoms with Gasteiger partial charge in [-0.1, -0.05) is 0 Å². The molecule has 0 aliphatic heterocycles. The van der Waals surface area contributed by atoms with Crippen LogP contribution >= 0.6 is 0 Å². The van der Waals surface area contributed by atoms with Gasteiger partial charge in [0, 0.05) is 25.9 Å². The highest BCUT2D eigenvalue weighted by Gasteiger charge is 2.07. The topological polar surface area (TPSA) is 68.5 Å². The van der Waals surface area contributed by atoms with Gasteiger partial charge >= 0.3 is 0 Å². The molecule has 0 unspecified atom stereocenters. The van der Waals surface area contributed by atoms with Crippen LogP contribution < -0.4 is 5.43 Å². The summed E-state index contributed by atoms with van der Waals surface area (Å²) in [5.74, 6) is -0.515. The largest absolute Gasteiger partial charge is 0.503 e. The summed E-state index contributed by atoms with van der Waals surface area (Å²) in [6.45, 7) is 0.821. The molecule has 1 rings (SSSR count). The van der Waals surface area contributed by atoms with Gasteiger partial charge in [-0.05, 0) is 0 Å². The van der Waals surface area contributed by atoms with Crippen LogP contribution in [-0.2, 0) is 11.3 Å². The Morgan fingerprint density at radius 3 is 2.93 bits per heavy atom. The fourth-order valence-corrected chi connectivity index (χ4v) is 1.09. The third kappa shape index (κ3) is 2.00. The molecule has 1 heterocycles. The fraction of sp³-hybridized carbons (Fsp3) is 0.333. The average Bonchev–Trinajstić information content (AvgIpc) is 2.20. The maximum Gasteiger partial charge on any atom is 0.223 e. The Bertz CT molecular complexity index is 383. The standard InChI is InChI=1S/C9H11NO4/c1-14-5-4-10-3-2-8(12)9(13)7(10)6-11/h2-3,6,13H,4-5H2,1H3. The molecule has 1 N–H and O–H groups in total. The van der Waals surface area contributed by atoms with Gasteiger partial charge < -0.3 is 14.4 Å². The second-order valence-electron chi connectivity index (χ2n) is 2.72. The normalized spacial score (nSPS) is 10.1. The van der Waals surface area contributed by atoms with E-state index in [1.807, 2.05) is 0 Å². The van der Waals surface area contributed by atoms with Crippen LogP contribution in [0.4, 0.5) is 0 Å². The van der Waals surface area contributed by atoms with Crippen molar-refractivity contribution in [3.63, 3.8) is 0 Å². The van der Waals surface area contributed by atoms with Crippen molar-refractivity contribution in [1.82, 2.24) is 4.57 Å². The second kappa shape index (κ2) is 4.57. The van der Waals surface area contributed by atoms with Gasteiger partial charge in [0.2, 0.25) is 5.43 Å². The molecule has 0 saturated carbocycles. The van der Waals surface area contributed by atoms with E-state index >= 15 is 0 Å². The molecule has 0 fully saturated rings. The molecule has 0 aliphatic rings. The molecule has 76 valence electrons. The molecule has 14 heavy (non-hydrogen) atoms. The first-order chi connectivity index (χ1) is 6.70. The Hall–Kier alpha value is -1.62. The molecule has 0 spiro atoms. The van der Waals surface area contributed by atoms with E-state index in [9.17, 15) is 14.7 Å². The maximum atomic E-state index is 11.0. The Morgan fingerprint density at radius 1 is 1.64 bits per heavy atom. The van der Waals surface area contributed by atoms with Gasteiger partial charge in [0.25, 0.3) is 0 Å². The van der Waals surface area contributed by atoms with Crippen LogP contribution in [0.3, 0.4) is 0 Å². The van der Waals surface area contributed by atoms with Crippen molar-refractivity contribution in [2.75, 3.05) is 13.7 Å². The molecule has 0 saturated heterocycles. The second-order valence-corrected chi connectivity index (χ2v) is 2.72. The number of aromatic nitrogens is 1. The third-order valence-electron chi connectivity index (χ3n) is 1.84. The molecule has 5 nitrogen and oxygen atoms in total. The smallest absolute Gasteiger partial charge is 0.223 e. The van der Waals surface area contributed by atoms with Crippen molar-refractivity contribution in [2.24, 2.45) is 0 Å². The van der Waals surface area contributed by atoms with Crippen molar-refractivity contribution in [2.45, 2.75) is 6.54 Å². The van der Waals surface area contributed by atoms with Crippen LogP contribution in [0, 0.1) is 0 Å². The zero-order chi connectivity index (χ0) is 10.6. The summed E-state index contributed by atoms with van der Waals surface area (Å²) in [5, 5.41) is 9.27. The van der Waals surface area contributed by atoms with E-state index < -0.39 is 11.2 Å². The zero-order valence-corrected chi connectivity index (χ0v) is 7.77. The highest BCUT2D eigenvalue weighted by Crippen LogP contribution is 2.07. The number of carbonyl (C=O) groups is 1. The van der Waals surface area contributed by atoms with E-state index in [2.05, 4.69) is 0 Å². The third-order valence-corrected chi connectivity index (χ3v) is 1.84. The van der Waals surface area contributed by atoms with Gasteiger partial charge in [0.1, 0.15) is 5.69 Å². The van der Waals surface area contributed by atoms with E-state index in [0.29, 0.717) is 19.4 Å². The predicted molar refractivity (Wildman–Crippen MR) is 49.6 cm³/mol. The lowest BCUT2D eigenvalue weighted by Gasteiger charge is -2.09. The lowest BCUT2D eigenvalue weighted by molar-refractivity contribution is 0.110.